The monoisotopic (exact) mass is 309 g/mol. The van der Waals surface area contributed by atoms with Crippen molar-refractivity contribution in [3.8, 4) is 0 Å². The van der Waals surface area contributed by atoms with Crippen LogP contribution in [0, 0.1) is 18.8 Å². The summed E-state index contributed by atoms with van der Waals surface area (Å²) in [5.41, 5.74) is 8.01. The van der Waals surface area contributed by atoms with Gasteiger partial charge in [0.1, 0.15) is 0 Å². The Labute approximate surface area is 126 Å². The topological polar surface area (TPSA) is 89.4 Å². The number of nitrogens with zero attached hydrogens (tertiary/aromatic N) is 1. The third kappa shape index (κ3) is 3.49. The fourth-order valence-electron chi connectivity index (χ4n) is 2.81. The molecule has 5 nitrogen and oxygen atoms in total. The predicted octanol–water partition coefficient (Wildman–Crippen LogP) is 1.85. The van der Waals surface area contributed by atoms with Gasteiger partial charge in [-0.15, -0.1) is 0 Å². The van der Waals surface area contributed by atoms with Crippen molar-refractivity contribution in [2.24, 2.45) is 17.0 Å². The van der Waals surface area contributed by atoms with Crippen LogP contribution in [-0.2, 0) is 10.0 Å². The molecule has 2 aliphatic rings. The van der Waals surface area contributed by atoms with Crippen LogP contribution in [0.2, 0.25) is 0 Å². The van der Waals surface area contributed by atoms with E-state index >= 15 is 0 Å². The van der Waals surface area contributed by atoms with Crippen LogP contribution >= 0.6 is 0 Å². The van der Waals surface area contributed by atoms with Crippen molar-refractivity contribution >= 4 is 21.4 Å². The highest BCUT2D eigenvalue weighted by Crippen LogP contribution is 2.38. The predicted molar refractivity (Wildman–Crippen MR) is 84.6 cm³/mol. The molecular weight excluding hydrogens is 286 g/mol. The Morgan fingerprint density at radius 2 is 1.67 bits per heavy atom. The fraction of sp³-hybridized carbons (Fsp3) is 0.600. The van der Waals surface area contributed by atoms with Crippen molar-refractivity contribution < 1.29 is 8.42 Å². The van der Waals surface area contributed by atoms with Crippen molar-refractivity contribution in [2.45, 2.75) is 37.5 Å². The molecule has 0 spiro atoms. The van der Waals surface area contributed by atoms with E-state index in [4.69, 9.17) is 10.9 Å². The van der Waals surface area contributed by atoms with Gasteiger partial charge in [-0.05, 0) is 62.1 Å². The lowest BCUT2D eigenvalue weighted by Crippen LogP contribution is -2.29. The lowest BCUT2D eigenvalue weighted by atomic mass is 10.1. The van der Waals surface area contributed by atoms with Gasteiger partial charge in [-0.3, -0.25) is 0 Å². The van der Waals surface area contributed by atoms with E-state index in [0.29, 0.717) is 11.3 Å². The average molecular weight is 309 g/mol. The maximum Gasteiger partial charge on any atom is 0.238 e. The molecular formula is C15H23N3O2S. The van der Waals surface area contributed by atoms with Gasteiger partial charge in [-0.2, -0.15) is 0 Å². The number of benzene rings is 1. The third-order valence-electron chi connectivity index (χ3n) is 4.35. The van der Waals surface area contributed by atoms with Crippen molar-refractivity contribution in [1.29, 1.82) is 0 Å². The summed E-state index contributed by atoms with van der Waals surface area (Å²) in [6.45, 7) is 3.80. The first-order valence-corrected chi connectivity index (χ1v) is 9.07. The van der Waals surface area contributed by atoms with Gasteiger partial charge >= 0.3 is 0 Å². The normalized spacial score (nSPS) is 18.8. The number of hydrogen-bond donors (Lipinski definition) is 2. The summed E-state index contributed by atoms with van der Waals surface area (Å²) in [5.74, 6) is 1.48. The van der Waals surface area contributed by atoms with Crippen LogP contribution in [0.3, 0.4) is 0 Å². The molecule has 4 N–H and O–H groups in total. The van der Waals surface area contributed by atoms with Gasteiger partial charge in [0, 0.05) is 24.5 Å². The van der Waals surface area contributed by atoms with Crippen molar-refractivity contribution in [1.82, 2.24) is 0 Å². The molecule has 1 aromatic carbocycles. The number of anilines is 2. The molecule has 0 amide bonds. The van der Waals surface area contributed by atoms with Crippen LogP contribution in [-0.4, -0.2) is 21.5 Å². The van der Waals surface area contributed by atoms with E-state index in [1.54, 1.807) is 0 Å². The second-order valence-electron chi connectivity index (χ2n) is 6.50. The molecule has 116 valence electrons. The zero-order chi connectivity index (χ0) is 15.2. The van der Waals surface area contributed by atoms with E-state index in [1.165, 1.54) is 31.7 Å². The molecule has 21 heavy (non-hydrogen) atoms. The lowest BCUT2D eigenvalue weighted by Gasteiger charge is -2.28. The Bertz CT molecular complexity index is 635. The molecule has 0 heterocycles. The minimum Gasteiger partial charge on any atom is -0.399 e. The zero-order valence-corrected chi connectivity index (χ0v) is 13.2. The second kappa shape index (κ2) is 5.18. The van der Waals surface area contributed by atoms with Gasteiger partial charge < -0.3 is 10.6 Å². The molecule has 1 aromatic rings. The van der Waals surface area contributed by atoms with Gasteiger partial charge in [0.25, 0.3) is 0 Å². The van der Waals surface area contributed by atoms with Gasteiger partial charge in [-0.25, -0.2) is 13.6 Å². The van der Waals surface area contributed by atoms with E-state index in [2.05, 4.69) is 4.90 Å². The van der Waals surface area contributed by atoms with E-state index < -0.39 is 10.0 Å². The zero-order valence-electron chi connectivity index (χ0n) is 12.4. The van der Waals surface area contributed by atoms with E-state index in [-0.39, 0.29) is 4.90 Å². The van der Waals surface area contributed by atoms with Crippen LogP contribution in [0.15, 0.2) is 17.0 Å². The summed E-state index contributed by atoms with van der Waals surface area (Å²) in [6.07, 6.45) is 5.07. The summed E-state index contributed by atoms with van der Waals surface area (Å²) < 4.78 is 23.5. The molecule has 0 atom stereocenters. The Hall–Kier alpha value is -1.27. The summed E-state index contributed by atoms with van der Waals surface area (Å²) in [5, 5.41) is 5.32. The van der Waals surface area contributed by atoms with Crippen LogP contribution in [0.4, 0.5) is 11.4 Å². The number of primary sulfonamides is 1. The van der Waals surface area contributed by atoms with Crippen LogP contribution in [0.25, 0.3) is 0 Å². The van der Waals surface area contributed by atoms with E-state index in [1.807, 2.05) is 13.0 Å². The molecule has 2 saturated carbocycles. The summed E-state index contributed by atoms with van der Waals surface area (Å²) >= 11 is 0. The molecule has 6 heteroatoms. The van der Waals surface area contributed by atoms with Crippen molar-refractivity contribution in [3.05, 3.63) is 17.7 Å². The minimum atomic E-state index is -3.74. The second-order valence-corrected chi connectivity index (χ2v) is 8.03. The van der Waals surface area contributed by atoms with Crippen LogP contribution in [0.1, 0.15) is 31.2 Å². The quantitative estimate of drug-likeness (QED) is 0.785. The SMILES string of the molecule is Cc1c(N(CC2CC2)CC2CC2)cc(N)cc1S(N)(=O)=O. The Balaban J connectivity index is 1.98. The van der Waals surface area contributed by atoms with E-state index in [0.717, 1.165) is 30.6 Å². The minimum absolute atomic E-state index is 0.147. The summed E-state index contributed by atoms with van der Waals surface area (Å²) in [6, 6.07) is 3.34. The van der Waals surface area contributed by atoms with Crippen LogP contribution in [0.5, 0.6) is 0 Å². The molecule has 0 aliphatic heterocycles. The average Bonchev–Trinajstić information content (AvgIpc) is 3.24. The first-order chi connectivity index (χ1) is 9.84. The van der Waals surface area contributed by atoms with Gasteiger partial charge in [0.05, 0.1) is 4.90 Å². The third-order valence-corrected chi connectivity index (χ3v) is 5.39. The van der Waals surface area contributed by atoms with Gasteiger partial charge in [0.15, 0.2) is 0 Å². The molecule has 3 rings (SSSR count). The molecule has 0 aromatic heterocycles. The fourth-order valence-corrected chi connectivity index (χ4v) is 3.64. The summed E-state index contributed by atoms with van der Waals surface area (Å²) in [7, 11) is -3.74. The van der Waals surface area contributed by atoms with Crippen molar-refractivity contribution in [3.63, 3.8) is 0 Å². The molecule has 2 aliphatic carbocycles. The highest BCUT2D eigenvalue weighted by molar-refractivity contribution is 7.89. The highest BCUT2D eigenvalue weighted by Gasteiger charge is 2.30. The van der Waals surface area contributed by atoms with Crippen molar-refractivity contribution in [2.75, 3.05) is 23.7 Å². The number of rotatable bonds is 6. The Morgan fingerprint density at radius 3 is 2.10 bits per heavy atom. The summed E-state index contributed by atoms with van der Waals surface area (Å²) in [4.78, 5) is 2.46. The molecule has 0 bridgehead atoms. The van der Waals surface area contributed by atoms with Crippen LogP contribution < -0.4 is 15.8 Å². The molecule has 0 unspecified atom stereocenters. The van der Waals surface area contributed by atoms with Gasteiger partial charge in [-0.1, -0.05) is 0 Å². The lowest BCUT2D eigenvalue weighted by molar-refractivity contribution is 0.597. The maximum atomic E-state index is 11.8. The molecule has 0 radical (unpaired) electrons. The smallest absolute Gasteiger partial charge is 0.238 e. The largest absolute Gasteiger partial charge is 0.399 e. The molecule has 2 fully saturated rings. The van der Waals surface area contributed by atoms with Gasteiger partial charge in [0.2, 0.25) is 10.0 Å². The number of nitrogens with two attached hydrogens (primary N) is 2. The number of nitrogen functional groups attached to an aromatic ring is 1. The standard InChI is InChI=1S/C15H23N3O2S/c1-10-14(6-13(16)7-15(10)21(17,19)20)18(8-11-2-3-11)9-12-4-5-12/h6-7,11-12H,2-5,8-9,16H2,1H3,(H2,17,19,20). The first kappa shape index (κ1) is 14.7. The van der Waals surface area contributed by atoms with E-state index in [9.17, 15) is 8.42 Å². The number of hydrogen-bond acceptors (Lipinski definition) is 4. The Morgan fingerprint density at radius 1 is 1.14 bits per heavy atom. The molecule has 0 saturated heterocycles. The highest BCUT2D eigenvalue weighted by atomic mass is 32.2. The maximum absolute atomic E-state index is 11.8. The first-order valence-electron chi connectivity index (χ1n) is 7.52. The number of sulfonamides is 1. The Kier molecular flexibility index (Phi) is 3.61.